The summed E-state index contributed by atoms with van der Waals surface area (Å²) in [7, 11) is 1.49. The molecule has 104 valence electrons. The number of anilines is 2. The predicted octanol–water partition coefficient (Wildman–Crippen LogP) is 3.95. The zero-order valence-corrected chi connectivity index (χ0v) is 13.0. The van der Waals surface area contributed by atoms with Crippen LogP contribution < -0.4 is 15.8 Å². The Bertz CT molecular complexity index is 662. The van der Waals surface area contributed by atoms with Gasteiger partial charge in [0, 0.05) is 15.2 Å². The zero-order chi connectivity index (χ0) is 14.7. The third-order valence-electron chi connectivity index (χ3n) is 2.68. The molecule has 0 spiro atoms. The molecule has 6 heteroatoms. The van der Waals surface area contributed by atoms with Gasteiger partial charge in [-0.1, -0.05) is 17.7 Å². The Morgan fingerprint density at radius 2 is 2.10 bits per heavy atom. The van der Waals surface area contributed by atoms with E-state index in [1.165, 1.54) is 7.11 Å². The predicted molar refractivity (Wildman–Crippen MR) is 84.5 cm³/mol. The highest BCUT2D eigenvalue weighted by Crippen LogP contribution is 2.29. The van der Waals surface area contributed by atoms with Crippen LogP contribution >= 0.6 is 27.5 Å². The van der Waals surface area contributed by atoms with E-state index in [2.05, 4.69) is 21.2 Å². The molecular formula is C14H12BrClN2O2. The molecule has 0 fully saturated rings. The van der Waals surface area contributed by atoms with Crippen LogP contribution in [0.5, 0.6) is 5.75 Å². The molecule has 2 aromatic carbocycles. The Labute approximate surface area is 130 Å². The fraction of sp³-hybridized carbons (Fsp3) is 0.0714. The third kappa shape index (κ3) is 3.05. The van der Waals surface area contributed by atoms with Crippen molar-refractivity contribution in [2.75, 3.05) is 18.2 Å². The number of nitrogens with one attached hydrogen (secondary N) is 1. The first kappa shape index (κ1) is 14.7. The lowest BCUT2D eigenvalue weighted by molar-refractivity contribution is 0.102. The maximum atomic E-state index is 12.3. The van der Waals surface area contributed by atoms with Gasteiger partial charge in [-0.3, -0.25) is 4.79 Å². The molecule has 0 radical (unpaired) electrons. The summed E-state index contributed by atoms with van der Waals surface area (Å²) < 4.78 is 5.89. The summed E-state index contributed by atoms with van der Waals surface area (Å²) in [5.41, 5.74) is 7.04. The van der Waals surface area contributed by atoms with Crippen molar-refractivity contribution >= 4 is 44.8 Å². The van der Waals surface area contributed by atoms with Crippen molar-refractivity contribution in [2.45, 2.75) is 0 Å². The van der Waals surface area contributed by atoms with Crippen LogP contribution in [0.25, 0.3) is 0 Å². The molecule has 1 amide bonds. The summed E-state index contributed by atoms with van der Waals surface area (Å²) >= 11 is 9.26. The van der Waals surface area contributed by atoms with Gasteiger partial charge < -0.3 is 15.8 Å². The quantitative estimate of drug-likeness (QED) is 0.820. The van der Waals surface area contributed by atoms with Gasteiger partial charge in [0.15, 0.2) is 0 Å². The van der Waals surface area contributed by atoms with Crippen LogP contribution in [0.4, 0.5) is 11.4 Å². The molecule has 0 saturated carbocycles. The van der Waals surface area contributed by atoms with Gasteiger partial charge in [-0.15, -0.1) is 0 Å². The van der Waals surface area contributed by atoms with E-state index in [1.807, 2.05) is 0 Å². The molecule has 0 aliphatic carbocycles. The van der Waals surface area contributed by atoms with Crippen molar-refractivity contribution < 1.29 is 9.53 Å². The van der Waals surface area contributed by atoms with Gasteiger partial charge in [0.25, 0.3) is 5.91 Å². The highest BCUT2D eigenvalue weighted by atomic mass is 79.9. The summed E-state index contributed by atoms with van der Waals surface area (Å²) in [5, 5.41) is 3.28. The topological polar surface area (TPSA) is 64.3 Å². The van der Waals surface area contributed by atoms with Crippen LogP contribution in [0.1, 0.15) is 10.4 Å². The fourth-order valence-electron chi connectivity index (χ4n) is 1.74. The Balaban J connectivity index is 2.36. The van der Waals surface area contributed by atoms with Crippen LogP contribution in [-0.2, 0) is 0 Å². The molecule has 4 nitrogen and oxygen atoms in total. The van der Waals surface area contributed by atoms with Crippen molar-refractivity contribution in [3.05, 3.63) is 51.5 Å². The van der Waals surface area contributed by atoms with Gasteiger partial charge in [0.05, 0.1) is 12.8 Å². The third-order valence-corrected chi connectivity index (χ3v) is 3.61. The molecule has 0 bridgehead atoms. The highest BCUT2D eigenvalue weighted by Gasteiger charge is 2.16. The number of carbonyl (C=O) groups excluding carboxylic acids is 1. The lowest BCUT2D eigenvalue weighted by Crippen LogP contribution is -2.15. The van der Waals surface area contributed by atoms with Crippen LogP contribution in [0.2, 0.25) is 5.02 Å². The monoisotopic (exact) mass is 354 g/mol. The average molecular weight is 356 g/mol. The van der Waals surface area contributed by atoms with E-state index >= 15 is 0 Å². The number of carbonyl (C=O) groups is 1. The van der Waals surface area contributed by atoms with Gasteiger partial charge in [0.2, 0.25) is 0 Å². The second-order valence-electron chi connectivity index (χ2n) is 4.00. The fourth-order valence-corrected chi connectivity index (χ4v) is 2.26. The summed E-state index contributed by atoms with van der Waals surface area (Å²) in [6.07, 6.45) is 0. The van der Waals surface area contributed by atoms with Crippen LogP contribution in [0.3, 0.4) is 0 Å². The SMILES string of the molecule is COc1cccc(N)c1C(=O)Nc1cc(Cl)ccc1Br. The van der Waals surface area contributed by atoms with Crippen LogP contribution in [-0.4, -0.2) is 13.0 Å². The molecular weight excluding hydrogens is 344 g/mol. The van der Waals surface area contributed by atoms with Crippen molar-refractivity contribution in [1.82, 2.24) is 0 Å². The van der Waals surface area contributed by atoms with E-state index in [9.17, 15) is 4.79 Å². The largest absolute Gasteiger partial charge is 0.496 e. The molecule has 0 aliphatic rings. The van der Waals surface area contributed by atoms with Gasteiger partial charge in [-0.2, -0.15) is 0 Å². The number of rotatable bonds is 3. The molecule has 0 atom stereocenters. The first-order valence-electron chi connectivity index (χ1n) is 5.72. The van der Waals surface area contributed by atoms with Gasteiger partial charge in [-0.05, 0) is 46.3 Å². The Hall–Kier alpha value is -1.72. The minimum absolute atomic E-state index is 0.293. The first-order chi connectivity index (χ1) is 9.52. The minimum Gasteiger partial charge on any atom is -0.496 e. The highest BCUT2D eigenvalue weighted by molar-refractivity contribution is 9.10. The smallest absolute Gasteiger partial charge is 0.261 e. The molecule has 0 aromatic heterocycles. The average Bonchev–Trinajstić information content (AvgIpc) is 2.42. The Morgan fingerprint density at radius 1 is 1.35 bits per heavy atom. The lowest BCUT2D eigenvalue weighted by Gasteiger charge is -2.12. The minimum atomic E-state index is -0.358. The summed E-state index contributed by atoms with van der Waals surface area (Å²) in [6, 6.07) is 10.2. The zero-order valence-electron chi connectivity index (χ0n) is 10.6. The lowest BCUT2D eigenvalue weighted by atomic mass is 10.1. The normalized spacial score (nSPS) is 10.2. The van der Waals surface area contributed by atoms with Crippen LogP contribution in [0, 0.1) is 0 Å². The van der Waals surface area contributed by atoms with E-state index in [1.54, 1.807) is 36.4 Å². The van der Waals surface area contributed by atoms with E-state index in [0.29, 0.717) is 27.7 Å². The Morgan fingerprint density at radius 3 is 2.80 bits per heavy atom. The van der Waals surface area contributed by atoms with E-state index in [0.717, 1.165) is 4.47 Å². The molecule has 0 unspecified atom stereocenters. The van der Waals surface area contributed by atoms with Crippen molar-refractivity contribution in [3.8, 4) is 5.75 Å². The first-order valence-corrected chi connectivity index (χ1v) is 6.89. The molecule has 3 N–H and O–H groups in total. The van der Waals surface area contributed by atoms with E-state index < -0.39 is 0 Å². The van der Waals surface area contributed by atoms with Crippen LogP contribution in [0.15, 0.2) is 40.9 Å². The number of ether oxygens (including phenoxy) is 1. The molecule has 2 aromatic rings. The van der Waals surface area contributed by atoms with E-state index in [4.69, 9.17) is 22.1 Å². The number of halogens is 2. The maximum Gasteiger partial charge on any atom is 0.261 e. The van der Waals surface area contributed by atoms with Crippen molar-refractivity contribution in [2.24, 2.45) is 0 Å². The van der Waals surface area contributed by atoms with Crippen molar-refractivity contribution in [3.63, 3.8) is 0 Å². The van der Waals surface area contributed by atoms with E-state index in [-0.39, 0.29) is 5.91 Å². The standard InChI is InChI=1S/C14H12BrClN2O2/c1-20-12-4-2-3-10(17)13(12)14(19)18-11-7-8(16)5-6-9(11)15/h2-7H,17H2,1H3,(H,18,19). The number of benzene rings is 2. The summed E-state index contributed by atoms with van der Waals surface area (Å²) in [5.74, 6) is 0.0589. The summed E-state index contributed by atoms with van der Waals surface area (Å²) in [4.78, 5) is 12.3. The van der Waals surface area contributed by atoms with Gasteiger partial charge >= 0.3 is 0 Å². The summed E-state index contributed by atoms with van der Waals surface area (Å²) in [6.45, 7) is 0. The molecule has 0 heterocycles. The Kier molecular flexibility index (Phi) is 4.52. The second kappa shape index (κ2) is 6.15. The number of nitrogens with two attached hydrogens (primary N) is 1. The number of amides is 1. The number of hydrogen-bond donors (Lipinski definition) is 2. The number of methoxy groups -OCH3 is 1. The number of nitrogen functional groups attached to an aromatic ring is 1. The molecule has 0 aliphatic heterocycles. The maximum absolute atomic E-state index is 12.3. The van der Waals surface area contributed by atoms with Gasteiger partial charge in [-0.25, -0.2) is 0 Å². The van der Waals surface area contributed by atoms with Gasteiger partial charge in [0.1, 0.15) is 11.3 Å². The molecule has 2 rings (SSSR count). The second-order valence-corrected chi connectivity index (χ2v) is 5.29. The number of hydrogen-bond acceptors (Lipinski definition) is 3. The molecule has 0 saturated heterocycles. The molecule has 20 heavy (non-hydrogen) atoms. The van der Waals surface area contributed by atoms with Crippen molar-refractivity contribution in [1.29, 1.82) is 0 Å².